The van der Waals surface area contributed by atoms with Gasteiger partial charge in [0.2, 0.25) is 15.9 Å². The Morgan fingerprint density at radius 3 is 2.66 bits per heavy atom. The highest BCUT2D eigenvalue weighted by molar-refractivity contribution is 7.89. The molecule has 172 valence electrons. The van der Waals surface area contributed by atoms with Crippen LogP contribution in [0.5, 0.6) is 0 Å². The van der Waals surface area contributed by atoms with E-state index in [1.165, 1.54) is 15.6 Å². The summed E-state index contributed by atoms with van der Waals surface area (Å²) in [6.07, 6.45) is 3.91. The third kappa shape index (κ3) is 4.46. The number of sulfonamides is 1. The van der Waals surface area contributed by atoms with Crippen LogP contribution in [0.1, 0.15) is 52.5 Å². The van der Waals surface area contributed by atoms with Crippen LogP contribution in [0.2, 0.25) is 0 Å². The highest BCUT2D eigenvalue weighted by Gasteiger charge is 2.35. The van der Waals surface area contributed by atoms with Crippen molar-refractivity contribution in [3.63, 3.8) is 0 Å². The first-order valence-electron chi connectivity index (χ1n) is 11.0. The van der Waals surface area contributed by atoms with Crippen LogP contribution in [0.4, 0.5) is 5.00 Å². The second kappa shape index (κ2) is 9.33. The van der Waals surface area contributed by atoms with Gasteiger partial charge in [-0.25, -0.2) is 13.2 Å². The number of thiophene rings is 1. The number of anilines is 1. The lowest BCUT2D eigenvalue weighted by Gasteiger charge is -2.31. The molecule has 0 spiro atoms. The summed E-state index contributed by atoms with van der Waals surface area (Å²) in [5.41, 5.74) is 2.44. The molecule has 1 aliphatic heterocycles. The highest BCUT2D eigenvalue weighted by atomic mass is 32.2. The molecule has 1 amide bonds. The Hall–Kier alpha value is -2.23. The molecule has 2 heterocycles. The van der Waals surface area contributed by atoms with Crippen molar-refractivity contribution in [2.45, 2.75) is 50.8 Å². The van der Waals surface area contributed by atoms with Gasteiger partial charge in [0.25, 0.3) is 0 Å². The zero-order chi connectivity index (χ0) is 22.9. The van der Waals surface area contributed by atoms with E-state index in [2.05, 4.69) is 5.32 Å². The predicted molar refractivity (Wildman–Crippen MR) is 124 cm³/mol. The summed E-state index contributed by atoms with van der Waals surface area (Å²) in [6.45, 7) is 4.45. The average molecular weight is 477 g/mol. The third-order valence-corrected chi connectivity index (χ3v) is 9.14. The Morgan fingerprint density at radius 1 is 1.19 bits per heavy atom. The van der Waals surface area contributed by atoms with Crippen LogP contribution in [0.15, 0.2) is 29.2 Å². The van der Waals surface area contributed by atoms with Crippen LogP contribution >= 0.6 is 11.3 Å². The first kappa shape index (κ1) is 22.9. The molecule has 4 rings (SSSR count). The minimum absolute atomic E-state index is 0.127. The number of nitrogens with one attached hydrogen (secondary N) is 1. The Balaban J connectivity index is 1.51. The number of amides is 1. The van der Waals surface area contributed by atoms with Crippen molar-refractivity contribution in [3.05, 3.63) is 45.8 Å². The summed E-state index contributed by atoms with van der Waals surface area (Å²) in [5.74, 6) is -1.13. The summed E-state index contributed by atoms with van der Waals surface area (Å²) >= 11 is 1.44. The fourth-order valence-electron chi connectivity index (χ4n) is 4.36. The van der Waals surface area contributed by atoms with Gasteiger partial charge in [-0.05, 0) is 63.6 Å². The number of hydrogen-bond acceptors (Lipinski definition) is 6. The van der Waals surface area contributed by atoms with Gasteiger partial charge in [0.15, 0.2) is 0 Å². The fraction of sp³-hybridized carbons (Fsp3) is 0.478. The predicted octanol–water partition coefficient (Wildman–Crippen LogP) is 3.76. The van der Waals surface area contributed by atoms with Crippen molar-refractivity contribution >= 4 is 38.2 Å². The number of benzene rings is 1. The highest BCUT2D eigenvalue weighted by Crippen LogP contribution is 2.40. The van der Waals surface area contributed by atoms with Crippen LogP contribution in [0, 0.1) is 12.8 Å². The quantitative estimate of drug-likeness (QED) is 0.641. The van der Waals surface area contributed by atoms with Gasteiger partial charge in [0, 0.05) is 18.0 Å². The lowest BCUT2D eigenvalue weighted by atomic mass is 9.99. The van der Waals surface area contributed by atoms with Crippen LogP contribution in [0.25, 0.3) is 0 Å². The molecule has 2 aromatic rings. The Morgan fingerprint density at radius 2 is 1.94 bits per heavy atom. The molecule has 0 radical (unpaired) electrons. The Labute approximate surface area is 192 Å². The first-order valence-corrected chi connectivity index (χ1v) is 13.3. The number of piperidine rings is 1. The van der Waals surface area contributed by atoms with Crippen molar-refractivity contribution in [2.24, 2.45) is 5.92 Å². The lowest BCUT2D eigenvalue weighted by molar-refractivity contribution is -0.120. The maximum absolute atomic E-state index is 13.1. The number of aryl methyl sites for hydroxylation is 2. The maximum atomic E-state index is 13.1. The molecular formula is C23H28N2O5S2. The molecule has 1 N–H and O–H groups in total. The molecule has 1 atom stereocenters. The SMILES string of the molecule is CCOC(=O)c1c(NC(=O)C2CCCN(S(=O)(=O)c3ccc(C)cc3)C2)sc2c1CCC2. The molecule has 2 aliphatic rings. The van der Waals surface area contributed by atoms with Gasteiger partial charge >= 0.3 is 5.97 Å². The molecule has 1 aromatic carbocycles. The van der Waals surface area contributed by atoms with E-state index in [9.17, 15) is 18.0 Å². The smallest absolute Gasteiger partial charge is 0.341 e. The number of rotatable bonds is 6. The second-order valence-corrected chi connectivity index (χ2v) is 11.3. The van der Waals surface area contributed by atoms with E-state index < -0.39 is 21.9 Å². The first-order chi connectivity index (χ1) is 15.3. The normalized spacial score (nSPS) is 18.9. The largest absolute Gasteiger partial charge is 0.462 e. The van der Waals surface area contributed by atoms with E-state index in [0.29, 0.717) is 30.0 Å². The number of ether oxygens (including phenoxy) is 1. The van der Waals surface area contributed by atoms with Crippen molar-refractivity contribution in [3.8, 4) is 0 Å². The van der Waals surface area contributed by atoms with Gasteiger partial charge in [0.1, 0.15) is 5.00 Å². The summed E-state index contributed by atoms with van der Waals surface area (Å²) in [5, 5.41) is 3.45. The zero-order valence-corrected chi connectivity index (χ0v) is 20.0. The summed E-state index contributed by atoms with van der Waals surface area (Å²) in [6, 6.07) is 6.75. The minimum Gasteiger partial charge on any atom is -0.462 e. The van der Waals surface area contributed by atoms with Crippen molar-refractivity contribution < 1.29 is 22.7 Å². The number of hydrogen-bond donors (Lipinski definition) is 1. The van der Waals surface area contributed by atoms with E-state index in [0.717, 1.165) is 35.3 Å². The van der Waals surface area contributed by atoms with E-state index in [-0.39, 0.29) is 24.0 Å². The topological polar surface area (TPSA) is 92.8 Å². The van der Waals surface area contributed by atoms with Crippen molar-refractivity contribution in [1.82, 2.24) is 4.31 Å². The minimum atomic E-state index is -3.66. The number of carbonyl (C=O) groups is 2. The molecule has 32 heavy (non-hydrogen) atoms. The number of nitrogens with zero attached hydrogens (tertiary/aromatic N) is 1. The third-order valence-electron chi connectivity index (χ3n) is 6.05. The van der Waals surface area contributed by atoms with Crippen molar-refractivity contribution in [1.29, 1.82) is 0 Å². The number of carbonyl (C=O) groups excluding carboxylic acids is 2. The molecular weight excluding hydrogens is 448 g/mol. The zero-order valence-electron chi connectivity index (χ0n) is 18.3. The second-order valence-electron chi connectivity index (χ2n) is 8.29. The molecule has 7 nitrogen and oxygen atoms in total. The van der Waals surface area contributed by atoms with Gasteiger partial charge in [-0.2, -0.15) is 4.31 Å². The summed E-state index contributed by atoms with van der Waals surface area (Å²) in [4.78, 5) is 27.0. The van der Waals surface area contributed by atoms with Gasteiger partial charge in [0.05, 0.1) is 23.0 Å². The molecule has 0 saturated carbocycles. The Kier molecular flexibility index (Phi) is 6.69. The molecule has 1 aliphatic carbocycles. The number of fused-ring (bicyclic) bond motifs is 1. The molecule has 0 bridgehead atoms. The summed E-state index contributed by atoms with van der Waals surface area (Å²) < 4.78 is 32.8. The molecule has 1 aromatic heterocycles. The van der Waals surface area contributed by atoms with E-state index in [1.807, 2.05) is 6.92 Å². The van der Waals surface area contributed by atoms with Crippen LogP contribution in [-0.2, 0) is 32.4 Å². The maximum Gasteiger partial charge on any atom is 0.341 e. The van der Waals surface area contributed by atoms with Crippen molar-refractivity contribution in [2.75, 3.05) is 25.0 Å². The van der Waals surface area contributed by atoms with Gasteiger partial charge in [-0.1, -0.05) is 17.7 Å². The van der Waals surface area contributed by atoms with Crippen LogP contribution in [0.3, 0.4) is 0 Å². The number of esters is 1. The van der Waals surface area contributed by atoms with E-state index in [1.54, 1.807) is 31.2 Å². The van der Waals surface area contributed by atoms with Gasteiger partial charge in [-0.15, -0.1) is 11.3 Å². The van der Waals surface area contributed by atoms with Crippen LogP contribution in [-0.4, -0.2) is 44.3 Å². The molecule has 1 unspecified atom stereocenters. The fourth-order valence-corrected chi connectivity index (χ4v) is 7.16. The standard InChI is InChI=1S/C23H28N2O5S2/c1-3-30-23(27)20-18-7-4-8-19(18)31-22(20)24-21(26)16-6-5-13-25(14-16)32(28,29)17-11-9-15(2)10-12-17/h9-12,16H,3-8,13-14H2,1-2H3,(H,24,26). The Bertz CT molecular complexity index is 1120. The molecule has 1 fully saturated rings. The van der Waals surface area contributed by atoms with Gasteiger partial charge in [-0.3, -0.25) is 4.79 Å². The summed E-state index contributed by atoms with van der Waals surface area (Å²) in [7, 11) is -3.66. The monoisotopic (exact) mass is 476 g/mol. The average Bonchev–Trinajstić information content (AvgIpc) is 3.35. The van der Waals surface area contributed by atoms with Gasteiger partial charge < -0.3 is 10.1 Å². The molecule has 9 heteroatoms. The van der Waals surface area contributed by atoms with Crippen LogP contribution < -0.4 is 5.32 Å². The molecule has 1 saturated heterocycles. The van der Waals surface area contributed by atoms with E-state index in [4.69, 9.17) is 4.74 Å². The van der Waals surface area contributed by atoms with E-state index >= 15 is 0 Å². The lowest BCUT2D eigenvalue weighted by Crippen LogP contribution is -2.43.